The minimum atomic E-state index is 1.14. The van der Waals surface area contributed by atoms with Crippen molar-refractivity contribution in [2.75, 3.05) is 18.2 Å². The Labute approximate surface area is 107 Å². The van der Waals surface area contributed by atoms with Crippen LogP contribution in [0.5, 0.6) is 0 Å². The second-order valence-corrected chi connectivity index (χ2v) is 5.63. The summed E-state index contributed by atoms with van der Waals surface area (Å²) in [6.07, 6.45) is 12.7. The van der Waals surface area contributed by atoms with Gasteiger partial charge in [0.15, 0.2) is 0 Å². The molecule has 16 heavy (non-hydrogen) atoms. The first-order chi connectivity index (χ1) is 7.91. The molecular formula is C14H31NS. The maximum Gasteiger partial charge on any atom is 0.0417 e. The number of rotatable bonds is 13. The van der Waals surface area contributed by atoms with Gasteiger partial charge < -0.3 is 5.32 Å². The smallest absolute Gasteiger partial charge is 0.0417 e. The van der Waals surface area contributed by atoms with Crippen LogP contribution in [0.1, 0.15) is 71.6 Å². The average Bonchev–Trinajstić information content (AvgIpc) is 2.31. The molecule has 98 valence electrons. The minimum absolute atomic E-state index is 1.14. The molecule has 0 heterocycles. The van der Waals surface area contributed by atoms with Gasteiger partial charge >= 0.3 is 0 Å². The lowest BCUT2D eigenvalue weighted by Gasteiger charge is -2.03. The maximum absolute atomic E-state index is 3.42. The van der Waals surface area contributed by atoms with E-state index in [4.69, 9.17) is 0 Å². The van der Waals surface area contributed by atoms with Crippen molar-refractivity contribution in [1.82, 2.24) is 5.32 Å². The summed E-state index contributed by atoms with van der Waals surface area (Å²) in [5.74, 6) is 2.48. The number of thioether (sulfide) groups is 1. The molecule has 0 amide bonds. The highest BCUT2D eigenvalue weighted by Gasteiger charge is 1.92. The highest BCUT2D eigenvalue weighted by Crippen LogP contribution is 2.10. The second-order valence-electron chi connectivity index (χ2n) is 4.53. The molecule has 0 radical (unpaired) electrons. The van der Waals surface area contributed by atoms with Crippen LogP contribution in [-0.2, 0) is 0 Å². The third-order valence-corrected chi connectivity index (χ3v) is 3.76. The van der Waals surface area contributed by atoms with Crippen molar-refractivity contribution in [2.24, 2.45) is 0 Å². The van der Waals surface area contributed by atoms with Crippen LogP contribution in [-0.4, -0.2) is 18.2 Å². The van der Waals surface area contributed by atoms with Gasteiger partial charge in [-0.1, -0.05) is 58.8 Å². The Morgan fingerprint density at radius 2 is 1.38 bits per heavy atom. The predicted octanol–water partition coefficient (Wildman–Crippen LogP) is 4.82. The van der Waals surface area contributed by atoms with Gasteiger partial charge in [-0.3, -0.25) is 0 Å². The Bertz CT molecular complexity index is 103. The molecule has 0 aromatic heterocycles. The minimum Gasteiger partial charge on any atom is -0.308 e. The Balaban J connectivity index is 2.83. The first kappa shape index (κ1) is 16.3. The van der Waals surface area contributed by atoms with Crippen LogP contribution in [0.25, 0.3) is 0 Å². The summed E-state index contributed by atoms with van der Waals surface area (Å²) in [4.78, 5) is 0. The predicted molar refractivity (Wildman–Crippen MR) is 78.2 cm³/mol. The third kappa shape index (κ3) is 14.3. The zero-order chi connectivity index (χ0) is 11.9. The van der Waals surface area contributed by atoms with Crippen LogP contribution in [0.15, 0.2) is 0 Å². The Morgan fingerprint density at radius 3 is 2.00 bits per heavy atom. The Morgan fingerprint density at radius 1 is 0.750 bits per heavy atom. The molecule has 0 aliphatic heterocycles. The normalized spacial score (nSPS) is 10.9. The topological polar surface area (TPSA) is 12.0 Å². The lowest BCUT2D eigenvalue weighted by Crippen LogP contribution is -2.13. The van der Waals surface area contributed by atoms with Crippen molar-refractivity contribution in [2.45, 2.75) is 71.6 Å². The molecule has 2 heteroatoms. The van der Waals surface area contributed by atoms with Crippen molar-refractivity contribution in [1.29, 1.82) is 0 Å². The fraction of sp³-hybridized carbons (Fsp3) is 1.00. The largest absolute Gasteiger partial charge is 0.308 e. The highest BCUT2D eigenvalue weighted by atomic mass is 32.2. The number of nitrogens with one attached hydrogen (secondary N) is 1. The quantitative estimate of drug-likeness (QED) is 0.369. The van der Waals surface area contributed by atoms with E-state index >= 15 is 0 Å². The van der Waals surface area contributed by atoms with E-state index in [1.54, 1.807) is 0 Å². The van der Waals surface area contributed by atoms with Gasteiger partial charge in [-0.15, -0.1) is 11.8 Å². The average molecular weight is 245 g/mol. The number of hydrogen-bond acceptors (Lipinski definition) is 2. The highest BCUT2D eigenvalue weighted by molar-refractivity contribution is 7.99. The Kier molecular flexibility index (Phi) is 15.6. The van der Waals surface area contributed by atoms with E-state index in [0.717, 1.165) is 5.88 Å². The number of hydrogen-bond donors (Lipinski definition) is 1. The first-order valence-corrected chi connectivity index (χ1v) is 8.35. The monoisotopic (exact) mass is 245 g/mol. The van der Waals surface area contributed by atoms with Crippen LogP contribution in [0.3, 0.4) is 0 Å². The lowest BCUT2D eigenvalue weighted by atomic mass is 10.1. The maximum atomic E-state index is 3.42. The number of unbranched alkanes of at least 4 members (excludes halogenated alkanes) is 7. The molecule has 0 aromatic rings. The summed E-state index contributed by atoms with van der Waals surface area (Å²) >= 11 is 2.05. The fourth-order valence-electron chi connectivity index (χ4n) is 1.73. The molecule has 0 aliphatic carbocycles. The summed E-state index contributed by atoms with van der Waals surface area (Å²) in [5.41, 5.74) is 0. The summed E-state index contributed by atoms with van der Waals surface area (Å²) in [6.45, 7) is 5.67. The summed E-state index contributed by atoms with van der Waals surface area (Å²) in [6, 6.07) is 0. The summed E-state index contributed by atoms with van der Waals surface area (Å²) in [5, 5.41) is 3.42. The van der Waals surface area contributed by atoms with Gasteiger partial charge in [-0.25, -0.2) is 0 Å². The third-order valence-electron chi connectivity index (χ3n) is 2.77. The molecular weight excluding hydrogens is 214 g/mol. The molecule has 0 aromatic carbocycles. The van der Waals surface area contributed by atoms with E-state index in [1.165, 1.54) is 70.1 Å². The van der Waals surface area contributed by atoms with E-state index in [1.807, 2.05) is 0 Å². The van der Waals surface area contributed by atoms with Gasteiger partial charge in [0.2, 0.25) is 0 Å². The van der Waals surface area contributed by atoms with Crippen LogP contribution < -0.4 is 5.32 Å². The second kappa shape index (κ2) is 15.3. The molecule has 0 fully saturated rings. The molecule has 1 nitrogen and oxygen atoms in total. The molecule has 0 saturated heterocycles. The molecule has 0 aliphatic rings. The fourth-order valence-corrected chi connectivity index (χ4v) is 2.57. The summed E-state index contributed by atoms with van der Waals surface area (Å²) in [7, 11) is 0. The van der Waals surface area contributed by atoms with Gasteiger partial charge in [0.1, 0.15) is 0 Å². The standard InChI is InChI=1S/C14H31NS/c1-3-5-6-7-8-9-10-11-13-16-14-15-12-4-2/h15H,3-14H2,1-2H3. The van der Waals surface area contributed by atoms with E-state index in [2.05, 4.69) is 30.9 Å². The van der Waals surface area contributed by atoms with E-state index in [0.29, 0.717) is 0 Å². The van der Waals surface area contributed by atoms with Crippen LogP contribution in [0.4, 0.5) is 0 Å². The molecule has 0 atom stereocenters. The zero-order valence-corrected chi connectivity index (χ0v) is 12.2. The van der Waals surface area contributed by atoms with Crippen LogP contribution >= 0.6 is 11.8 Å². The van der Waals surface area contributed by atoms with E-state index in [-0.39, 0.29) is 0 Å². The molecule has 0 bridgehead atoms. The first-order valence-electron chi connectivity index (χ1n) is 7.20. The van der Waals surface area contributed by atoms with Crippen molar-refractivity contribution in [3.8, 4) is 0 Å². The van der Waals surface area contributed by atoms with Gasteiger partial charge in [0, 0.05) is 5.88 Å². The van der Waals surface area contributed by atoms with Gasteiger partial charge in [0.25, 0.3) is 0 Å². The molecule has 0 unspecified atom stereocenters. The van der Waals surface area contributed by atoms with Crippen LogP contribution in [0, 0.1) is 0 Å². The van der Waals surface area contributed by atoms with Crippen molar-refractivity contribution < 1.29 is 0 Å². The van der Waals surface area contributed by atoms with Gasteiger partial charge in [0.05, 0.1) is 0 Å². The van der Waals surface area contributed by atoms with Gasteiger partial charge in [-0.2, -0.15) is 0 Å². The zero-order valence-electron chi connectivity index (χ0n) is 11.4. The molecule has 1 N–H and O–H groups in total. The Hall–Kier alpha value is 0.310. The van der Waals surface area contributed by atoms with Crippen molar-refractivity contribution in [3.63, 3.8) is 0 Å². The lowest BCUT2D eigenvalue weighted by molar-refractivity contribution is 0.586. The van der Waals surface area contributed by atoms with E-state index < -0.39 is 0 Å². The molecule has 0 saturated carbocycles. The molecule has 0 rings (SSSR count). The SMILES string of the molecule is CCCCCCCCCCSCNCCC. The summed E-state index contributed by atoms with van der Waals surface area (Å²) < 4.78 is 0. The van der Waals surface area contributed by atoms with E-state index in [9.17, 15) is 0 Å². The van der Waals surface area contributed by atoms with Crippen molar-refractivity contribution >= 4 is 11.8 Å². The van der Waals surface area contributed by atoms with Crippen LogP contribution in [0.2, 0.25) is 0 Å². The van der Waals surface area contributed by atoms with Gasteiger partial charge in [-0.05, 0) is 25.1 Å². The molecule has 0 spiro atoms. The van der Waals surface area contributed by atoms with Crippen molar-refractivity contribution in [3.05, 3.63) is 0 Å².